The van der Waals surface area contributed by atoms with Crippen molar-refractivity contribution in [2.45, 2.75) is 0 Å². The van der Waals surface area contributed by atoms with Gasteiger partial charge >= 0.3 is 29.9 Å². The molecule has 0 unspecified atom stereocenters. The molecule has 0 rings (SSSR count). The van der Waals surface area contributed by atoms with Gasteiger partial charge in [0.1, 0.15) is 0 Å². The van der Waals surface area contributed by atoms with Crippen LogP contribution < -0.4 is 6.15 Å². The molecular weight excluding hydrogens is 246 g/mol. The monoisotopic (exact) mass is 249 g/mol. The molecule has 4 heavy (non-hydrogen) atoms. The average Bonchev–Trinajstić information content (AvgIpc) is 0.918. The number of hydrogen-bond acceptors (Lipinski definition) is 3. The Morgan fingerprint density at radius 3 is 1.75 bits per heavy atom. The van der Waals surface area contributed by atoms with Gasteiger partial charge in [0.05, 0.1) is 0 Å². The van der Waals surface area contributed by atoms with Gasteiger partial charge in [-0.05, 0) is 0 Å². The fourth-order valence-corrected chi connectivity index (χ4v) is 0. The van der Waals surface area contributed by atoms with Gasteiger partial charge in [0.25, 0.3) is 0 Å². The number of rotatable bonds is 0. The zero-order chi connectivity index (χ0) is 2.71. The van der Waals surface area contributed by atoms with Gasteiger partial charge < -0.3 is 6.15 Å². The van der Waals surface area contributed by atoms with Crippen LogP contribution in [0.3, 0.4) is 0 Å². The molecule has 0 amide bonds. The van der Waals surface area contributed by atoms with Crippen molar-refractivity contribution in [3.8, 4) is 0 Å². The number of hydrogen-bond donors (Lipinski definition) is 1. The molecule has 0 radical (unpaired) electrons. The molecule has 3 N–H and O–H groups in total. The van der Waals surface area contributed by atoms with E-state index < -0.39 is 16.7 Å². The van der Waals surface area contributed by atoms with Crippen molar-refractivity contribution in [2.75, 3.05) is 0 Å². The summed E-state index contributed by atoms with van der Waals surface area (Å²) >= 11 is -1.42. The summed E-state index contributed by atoms with van der Waals surface area (Å²) in [4.78, 5) is 0. The molecule has 2 nitrogen and oxygen atoms in total. The van der Waals surface area contributed by atoms with E-state index >= 15 is 0 Å². The SMILES string of the molecule is N.[O]=[W]=[S]. The fraction of sp³-hybridized carbons (Fsp3) is 0. The topological polar surface area (TPSA) is 52.1 Å². The van der Waals surface area contributed by atoms with Gasteiger partial charge in [-0.25, -0.2) is 0 Å². The summed E-state index contributed by atoms with van der Waals surface area (Å²) < 4.78 is 8.91. The van der Waals surface area contributed by atoms with Crippen molar-refractivity contribution in [2.24, 2.45) is 0 Å². The Bertz CT molecular complexity index is 29.0. The van der Waals surface area contributed by atoms with E-state index in [1.165, 1.54) is 0 Å². The van der Waals surface area contributed by atoms with Crippen molar-refractivity contribution in [1.29, 1.82) is 0 Å². The van der Waals surface area contributed by atoms with Gasteiger partial charge in [-0.1, -0.05) is 0 Å². The summed E-state index contributed by atoms with van der Waals surface area (Å²) in [6.45, 7) is 0. The Hall–Kier alpha value is 0.668. The first kappa shape index (κ1) is 8.82. The molecule has 0 saturated heterocycles. The first-order valence-electron chi connectivity index (χ1n) is 0.333. The molecule has 0 aliphatic heterocycles. The molecule has 0 fully saturated rings. The van der Waals surface area contributed by atoms with Gasteiger partial charge in [0.15, 0.2) is 0 Å². The summed E-state index contributed by atoms with van der Waals surface area (Å²) in [6, 6.07) is 0. The Morgan fingerprint density at radius 2 is 1.75 bits per heavy atom. The van der Waals surface area contributed by atoms with Crippen molar-refractivity contribution >= 4 is 9.82 Å². The standard InChI is InChI=1S/H3N.O.S.W/h1H3;;;. The zero-order valence-electron chi connectivity index (χ0n) is 1.93. The van der Waals surface area contributed by atoms with E-state index in [0.717, 1.165) is 0 Å². The van der Waals surface area contributed by atoms with E-state index in [0.29, 0.717) is 0 Å². The fourth-order valence-electron chi connectivity index (χ4n) is 0. The van der Waals surface area contributed by atoms with E-state index in [1.807, 2.05) is 0 Å². The van der Waals surface area contributed by atoms with Crippen LogP contribution in [-0.4, -0.2) is 0 Å². The average molecular weight is 249 g/mol. The van der Waals surface area contributed by atoms with Gasteiger partial charge in [-0.15, -0.1) is 0 Å². The van der Waals surface area contributed by atoms with Crippen LogP contribution in [0.15, 0.2) is 0 Å². The maximum absolute atomic E-state index is 8.91. The molecule has 0 aromatic rings. The van der Waals surface area contributed by atoms with Crippen molar-refractivity contribution < 1.29 is 20.1 Å². The van der Waals surface area contributed by atoms with Crippen LogP contribution in [0.2, 0.25) is 0 Å². The molecule has 0 aromatic carbocycles. The van der Waals surface area contributed by atoms with Crippen molar-refractivity contribution in [3.63, 3.8) is 0 Å². The van der Waals surface area contributed by atoms with Crippen LogP contribution in [-0.2, 0) is 20.1 Å². The van der Waals surface area contributed by atoms with Crippen LogP contribution in [0.4, 0.5) is 0 Å². The van der Waals surface area contributed by atoms with E-state index in [2.05, 4.69) is 9.82 Å². The van der Waals surface area contributed by atoms with Crippen LogP contribution in [0, 0.1) is 0 Å². The summed E-state index contributed by atoms with van der Waals surface area (Å²) in [6.07, 6.45) is 0. The predicted octanol–water partition coefficient (Wildman–Crippen LogP) is 0.689. The Kier molecular flexibility index (Phi) is 20.7. The molecule has 0 heterocycles. The zero-order valence-corrected chi connectivity index (χ0v) is 5.68. The van der Waals surface area contributed by atoms with Crippen LogP contribution >= 0.6 is 9.82 Å². The van der Waals surface area contributed by atoms with Gasteiger partial charge in [0.2, 0.25) is 0 Å². The second-order valence-electron chi connectivity index (χ2n) is 0.0680. The van der Waals surface area contributed by atoms with Crippen LogP contribution in [0.1, 0.15) is 0 Å². The first-order chi connectivity index (χ1) is 1.41. The van der Waals surface area contributed by atoms with E-state index in [4.69, 9.17) is 3.40 Å². The van der Waals surface area contributed by atoms with Gasteiger partial charge in [-0.3, -0.25) is 0 Å². The van der Waals surface area contributed by atoms with Crippen molar-refractivity contribution in [1.82, 2.24) is 6.15 Å². The predicted molar refractivity (Wildman–Crippen MR) is 13.3 cm³/mol. The van der Waals surface area contributed by atoms with E-state index in [9.17, 15) is 0 Å². The third-order valence-corrected chi connectivity index (χ3v) is 0. The van der Waals surface area contributed by atoms with Gasteiger partial charge in [0, 0.05) is 0 Å². The molecule has 0 aromatic heterocycles. The Morgan fingerprint density at radius 1 is 1.75 bits per heavy atom. The summed E-state index contributed by atoms with van der Waals surface area (Å²) in [5.41, 5.74) is 0. The van der Waals surface area contributed by atoms with E-state index in [-0.39, 0.29) is 6.15 Å². The minimum absolute atomic E-state index is 0. The molecule has 0 saturated carbocycles. The summed E-state index contributed by atoms with van der Waals surface area (Å²) in [5, 5.41) is 0. The van der Waals surface area contributed by atoms with Crippen LogP contribution in [0.25, 0.3) is 0 Å². The minimum atomic E-state index is -1.42. The van der Waals surface area contributed by atoms with Crippen molar-refractivity contribution in [3.05, 3.63) is 0 Å². The maximum atomic E-state index is 8.91. The normalized spacial score (nSPS) is 3.00. The first-order valence-corrected chi connectivity index (χ1v) is 5.46. The summed E-state index contributed by atoms with van der Waals surface area (Å²) in [5.74, 6) is 0. The molecule has 0 atom stereocenters. The summed E-state index contributed by atoms with van der Waals surface area (Å²) in [7, 11) is 4.00. The molecule has 0 aliphatic carbocycles. The van der Waals surface area contributed by atoms with Gasteiger partial charge in [-0.2, -0.15) is 0 Å². The third kappa shape index (κ3) is 16.6. The molecule has 4 heteroatoms. The quantitative estimate of drug-likeness (QED) is 0.687. The van der Waals surface area contributed by atoms with Crippen LogP contribution in [0.5, 0.6) is 0 Å². The Labute approximate surface area is 36.5 Å². The molecule has 26 valence electrons. The second kappa shape index (κ2) is 9.38. The van der Waals surface area contributed by atoms with E-state index in [1.54, 1.807) is 0 Å². The Balaban J connectivity index is 0. The molecular formula is H3NOSW. The third-order valence-electron chi connectivity index (χ3n) is 0. The second-order valence-corrected chi connectivity index (χ2v) is 1.67. The molecule has 0 spiro atoms. The molecule has 0 bridgehead atoms. The molecule has 0 aliphatic rings.